The maximum atomic E-state index is 12.9. The molecule has 0 aliphatic carbocycles. The third kappa shape index (κ3) is 3.67. The molecule has 30 heavy (non-hydrogen) atoms. The van der Waals surface area contributed by atoms with Crippen LogP contribution in [-0.2, 0) is 16.1 Å². The zero-order valence-electron chi connectivity index (χ0n) is 15.8. The van der Waals surface area contributed by atoms with E-state index in [0.717, 1.165) is 0 Å². The van der Waals surface area contributed by atoms with Gasteiger partial charge in [0.15, 0.2) is 0 Å². The van der Waals surface area contributed by atoms with Crippen LogP contribution in [0.15, 0.2) is 63.4 Å². The molecule has 2 amide bonds. The van der Waals surface area contributed by atoms with Crippen LogP contribution in [0.4, 0.5) is 4.79 Å². The molecule has 154 valence electrons. The lowest BCUT2D eigenvalue weighted by molar-refractivity contribution is -0.139. The average molecular weight is 429 g/mol. The lowest BCUT2D eigenvalue weighted by Crippen LogP contribution is -2.47. The van der Waals surface area contributed by atoms with E-state index in [0.29, 0.717) is 21.7 Å². The molecular formula is C20H17ClN4O5. The van der Waals surface area contributed by atoms with E-state index >= 15 is 0 Å². The summed E-state index contributed by atoms with van der Waals surface area (Å²) in [6, 6.07) is 6.70. The monoisotopic (exact) mass is 428 g/mol. The number of ether oxygens (including phenoxy) is 1. The topological polar surface area (TPSA) is 115 Å². The van der Waals surface area contributed by atoms with Gasteiger partial charge in [0.1, 0.15) is 11.8 Å². The van der Waals surface area contributed by atoms with Crippen LogP contribution in [-0.4, -0.2) is 28.2 Å². The van der Waals surface area contributed by atoms with Crippen LogP contribution in [0, 0.1) is 0 Å². The van der Waals surface area contributed by atoms with Crippen LogP contribution >= 0.6 is 11.6 Å². The lowest BCUT2D eigenvalue weighted by Gasteiger charge is -2.28. The van der Waals surface area contributed by atoms with Crippen molar-refractivity contribution in [1.29, 1.82) is 0 Å². The van der Waals surface area contributed by atoms with E-state index in [9.17, 15) is 14.4 Å². The third-order valence-electron chi connectivity index (χ3n) is 4.59. The summed E-state index contributed by atoms with van der Waals surface area (Å²) in [7, 11) is 0. The van der Waals surface area contributed by atoms with E-state index in [1.807, 2.05) is 0 Å². The number of hydrogen-bond donors (Lipinski definition) is 2. The standard InChI is InChI=1S/C20H17ClN4O5/c1-2-29-19(27)16-14(23-20(28)24-17(16)15-4-3-7-30-15)9-25-10-22-13-6-5-11(21)8-12(13)18(25)26/h3-8,10,17H,2,9H2,1H3,(H2,23,24,28)/t17-/m0/s1. The summed E-state index contributed by atoms with van der Waals surface area (Å²) in [5, 5.41) is 5.99. The van der Waals surface area contributed by atoms with Crippen LogP contribution in [0.3, 0.4) is 0 Å². The van der Waals surface area contributed by atoms with Crippen LogP contribution in [0.25, 0.3) is 10.9 Å². The number of furan rings is 1. The minimum Gasteiger partial charge on any atom is -0.467 e. The summed E-state index contributed by atoms with van der Waals surface area (Å²) < 4.78 is 11.9. The number of nitrogens with zero attached hydrogens (tertiary/aromatic N) is 2. The Morgan fingerprint density at radius 3 is 2.90 bits per heavy atom. The molecular weight excluding hydrogens is 412 g/mol. The number of rotatable bonds is 5. The van der Waals surface area contributed by atoms with Crippen molar-refractivity contribution in [3.05, 3.63) is 75.3 Å². The Bertz CT molecular complexity index is 1220. The molecule has 3 heterocycles. The summed E-state index contributed by atoms with van der Waals surface area (Å²) in [5.74, 6) is -0.271. The Labute approximate surface area is 175 Å². The fourth-order valence-electron chi connectivity index (χ4n) is 3.28. The minimum atomic E-state index is -0.860. The highest BCUT2D eigenvalue weighted by Crippen LogP contribution is 2.28. The molecule has 0 unspecified atom stereocenters. The largest absolute Gasteiger partial charge is 0.467 e. The van der Waals surface area contributed by atoms with Gasteiger partial charge in [0.05, 0.1) is 47.9 Å². The molecule has 1 aliphatic heterocycles. The molecule has 3 aromatic rings. The van der Waals surface area contributed by atoms with Crippen LogP contribution in [0.1, 0.15) is 18.7 Å². The number of fused-ring (bicyclic) bond motifs is 1. The van der Waals surface area contributed by atoms with Crippen molar-refractivity contribution >= 4 is 34.5 Å². The second kappa shape index (κ2) is 8.03. The van der Waals surface area contributed by atoms with E-state index in [2.05, 4.69) is 15.6 Å². The molecule has 0 fully saturated rings. The molecule has 2 aromatic heterocycles. The van der Waals surface area contributed by atoms with Gasteiger partial charge in [-0.2, -0.15) is 0 Å². The number of allylic oxidation sites excluding steroid dienone is 1. The van der Waals surface area contributed by atoms with Crippen molar-refractivity contribution < 1.29 is 18.7 Å². The Morgan fingerprint density at radius 1 is 1.33 bits per heavy atom. The normalized spacial score (nSPS) is 16.3. The molecule has 1 atom stereocenters. The summed E-state index contributed by atoms with van der Waals surface area (Å²) in [6.45, 7) is 1.72. The number of carbonyl (C=O) groups excluding carboxylic acids is 2. The summed E-state index contributed by atoms with van der Waals surface area (Å²) in [5.41, 5.74) is 0.483. The van der Waals surface area contributed by atoms with E-state index in [-0.39, 0.29) is 30.0 Å². The first-order valence-electron chi connectivity index (χ1n) is 9.13. The second-order valence-electron chi connectivity index (χ2n) is 6.50. The second-order valence-corrected chi connectivity index (χ2v) is 6.94. The number of benzene rings is 1. The Hall–Kier alpha value is -3.59. The Morgan fingerprint density at radius 2 is 2.17 bits per heavy atom. The number of carbonyl (C=O) groups is 2. The van der Waals surface area contributed by atoms with E-state index in [1.54, 1.807) is 31.2 Å². The number of aromatic nitrogens is 2. The first-order chi connectivity index (χ1) is 14.5. The van der Waals surface area contributed by atoms with Gasteiger partial charge in [0, 0.05) is 5.02 Å². The predicted octanol–water partition coefficient (Wildman–Crippen LogP) is 2.51. The van der Waals surface area contributed by atoms with Gasteiger partial charge in [0.2, 0.25) is 0 Å². The number of nitrogens with one attached hydrogen (secondary N) is 2. The molecule has 0 saturated carbocycles. The van der Waals surface area contributed by atoms with Crippen molar-refractivity contribution in [2.24, 2.45) is 0 Å². The molecule has 2 N–H and O–H groups in total. The quantitative estimate of drug-likeness (QED) is 0.603. The van der Waals surface area contributed by atoms with Crippen LogP contribution in [0.5, 0.6) is 0 Å². The Balaban J connectivity index is 1.83. The molecule has 0 saturated heterocycles. The van der Waals surface area contributed by atoms with Gasteiger partial charge in [-0.3, -0.25) is 9.36 Å². The first-order valence-corrected chi connectivity index (χ1v) is 9.51. The Kier molecular flexibility index (Phi) is 5.28. The molecule has 0 radical (unpaired) electrons. The van der Waals surface area contributed by atoms with E-state index < -0.39 is 18.0 Å². The number of hydrogen-bond acceptors (Lipinski definition) is 6. The maximum absolute atomic E-state index is 12.9. The van der Waals surface area contributed by atoms with Gasteiger partial charge in [-0.15, -0.1) is 0 Å². The summed E-state index contributed by atoms with van der Waals surface area (Å²) in [4.78, 5) is 42.2. The SMILES string of the molecule is CCOC(=O)C1=C(Cn2cnc3ccc(Cl)cc3c2=O)NC(=O)N[C@H]1c1ccco1. The highest BCUT2D eigenvalue weighted by atomic mass is 35.5. The molecule has 10 heteroatoms. The number of amides is 2. The lowest BCUT2D eigenvalue weighted by atomic mass is 10.00. The van der Waals surface area contributed by atoms with Crippen LogP contribution < -0.4 is 16.2 Å². The van der Waals surface area contributed by atoms with Crippen molar-refractivity contribution in [1.82, 2.24) is 20.2 Å². The fraction of sp³-hybridized carbons (Fsp3) is 0.200. The van der Waals surface area contributed by atoms with Gasteiger partial charge in [-0.1, -0.05) is 11.6 Å². The highest BCUT2D eigenvalue weighted by Gasteiger charge is 2.35. The first kappa shape index (κ1) is 19.7. The fourth-order valence-corrected chi connectivity index (χ4v) is 3.45. The average Bonchev–Trinajstić information content (AvgIpc) is 3.25. The van der Waals surface area contributed by atoms with Gasteiger partial charge < -0.3 is 19.8 Å². The summed E-state index contributed by atoms with van der Waals surface area (Å²) in [6.07, 6.45) is 2.79. The van der Waals surface area contributed by atoms with Crippen molar-refractivity contribution in [3.63, 3.8) is 0 Å². The number of esters is 1. The molecule has 4 rings (SSSR count). The third-order valence-corrected chi connectivity index (χ3v) is 4.83. The van der Waals surface area contributed by atoms with Crippen molar-refractivity contribution in [2.75, 3.05) is 6.61 Å². The zero-order chi connectivity index (χ0) is 21.3. The van der Waals surface area contributed by atoms with E-state index in [4.69, 9.17) is 20.8 Å². The summed E-state index contributed by atoms with van der Waals surface area (Å²) >= 11 is 6.01. The minimum absolute atomic E-state index is 0.104. The van der Waals surface area contributed by atoms with Gasteiger partial charge >= 0.3 is 12.0 Å². The van der Waals surface area contributed by atoms with E-state index in [1.165, 1.54) is 23.2 Å². The van der Waals surface area contributed by atoms with Gasteiger partial charge in [-0.25, -0.2) is 14.6 Å². The van der Waals surface area contributed by atoms with Crippen molar-refractivity contribution in [2.45, 2.75) is 19.5 Å². The molecule has 9 nitrogen and oxygen atoms in total. The van der Waals surface area contributed by atoms with Crippen molar-refractivity contribution in [3.8, 4) is 0 Å². The van der Waals surface area contributed by atoms with Gasteiger partial charge in [0.25, 0.3) is 5.56 Å². The molecule has 1 aliphatic rings. The molecule has 0 bridgehead atoms. The number of urea groups is 1. The number of halogens is 1. The highest BCUT2D eigenvalue weighted by molar-refractivity contribution is 6.31. The smallest absolute Gasteiger partial charge is 0.338 e. The molecule has 1 aromatic carbocycles. The molecule has 0 spiro atoms. The maximum Gasteiger partial charge on any atom is 0.338 e. The van der Waals surface area contributed by atoms with Crippen LogP contribution in [0.2, 0.25) is 5.02 Å². The zero-order valence-corrected chi connectivity index (χ0v) is 16.6. The van der Waals surface area contributed by atoms with Gasteiger partial charge in [-0.05, 0) is 37.3 Å². The predicted molar refractivity (Wildman–Crippen MR) is 108 cm³/mol.